The lowest BCUT2D eigenvalue weighted by atomic mass is 10.1. The van der Waals surface area contributed by atoms with Crippen molar-refractivity contribution >= 4 is 6.08 Å². The summed E-state index contributed by atoms with van der Waals surface area (Å²) in [5.74, 6) is 0.958. The van der Waals surface area contributed by atoms with E-state index in [0.717, 1.165) is 12.2 Å². The third-order valence-corrected chi connectivity index (χ3v) is 3.96. The Hall–Kier alpha value is -1.24. The summed E-state index contributed by atoms with van der Waals surface area (Å²) in [6.45, 7) is 2.27. The average molecular weight is 303 g/mol. The van der Waals surface area contributed by atoms with E-state index in [9.17, 15) is 0 Å². The number of allylic oxidation sites excluding steroid dienone is 3. The Morgan fingerprint density at radius 3 is 1.91 bits per heavy atom. The van der Waals surface area contributed by atoms with Gasteiger partial charge in [0.1, 0.15) is 5.76 Å². The van der Waals surface area contributed by atoms with Gasteiger partial charge < -0.3 is 4.42 Å². The second-order valence-electron chi connectivity index (χ2n) is 6.08. The Balaban J connectivity index is 1.79. The van der Waals surface area contributed by atoms with Gasteiger partial charge in [-0.05, 0) is 56.7 Å². The van der Waals surface area contributed by atoms with Crippen LogP contribution in [0.4, 0.5) is 0 Å². The molecule has 1 rings (SSSR count). The topological polar surface area (TPSA) is 13.1 Å². The van der Waals surface area contributed by atoms with Gasteiger partial charge in [-0.2, -0.15) is 0 Å². The molecule has 1 nitrogen and oxygen atoms in total. The minimum absolute atomic E-state index is 0.958. The van der Waals surface area contributed by atoms with Gasteiger partial charge in [0.2, 0.25) is 0 Å². The zero-order chi connectivity index (χ0) is 15.7. The van der Waals surface area contributed by atoms with E-state index in [4.69, 9.17) is 4.42 Å². The second kappa shape index (κ2) is 14.7. The van der Waals surface area contributed by atoms with Crippen molar-refractivity contribution < 1.29 is 4.42 Å². The molecule has 0 saturated carbocycles. The molecular formula is C21H34O. The molecule has 22 heavy (non-hydrogen) atoms. The van der Waals surface area contributed by atoms with E-state index >= 15 is 0 Å². The zero-order valence-electron chi connectivity index (χ0n) is 14.4. The van der Waals surface area contributed by atoms with Crippen LogP contribution in [0.3, 0.4) is 0 Å². The highest BCUT2D eigenvalue weighted by atomic mass is 16.3. The maximum absolute atomic E-state index is 5.26. The molecule has 0 aliphatic rings. The number of hydrogen-bond acceptors (Lipinski definition) is 1. The molecule has 0 spiro atoms. The van der Waals surface area contributed by atoms with Crippen molar-refractivity contribution in [2.45, 2.75) is 84.0 Å². The Labute approximate surface area is 137 Å². The predicted molar refractivity (Wildman–Crippen MR) is 98.0 cm³/mol. The van der Waals surface area contributed by atoms with Crippen LogP contribution >= 0.6 is 0 Å². The Bertz CT molecular complexity index is 373. The monoisotopic (exact) mass is 302 g/mol. The van der Waals surface area contributed by atoms with Crippen molar-refractivity contribution in [2.24, 2.45) is 0 Å². The van der Waals surface area contributed by atoms with Crippen molar-refractivity contribution in [1.29, 1.82) is 0 Å². The smallest absolute Gasteiger partial charge is 0.126 e. The van der Waals surface area contributed by atoms with Gasteiger partial charge in [0.15, 0.2) is 0 Å². The molecule has 1 aromatic rings. The van der Waals surface area contributed by atoms with Gasteiger partial charge in [0.25, 0.3) is 0 Å². The van der Waals surface area contributed by atoms with Crippen LogP contribution in [0.15, 0.2) is 41.0 Å². The zero-order valence-corrected chi connectivity index (χ0v) is 14.4. The van der Waals surface area contributed by atoms with E-state index in [1.807, 2.05) is 12.1 Å². The molecule has 0 amide bonds. The lowest BCUT2D eigenvalue weighted by molar-refractivity contribution is 0.556. The summed E-state index contributed by atoms with van der Waals surface area (Å²) in [5, 5.41) is 0. The minimum atomic E-state index is 0.958. The molecule has 0 aliphatic carbocycles. The molecule has 0 atom stereocenters. The molecule has 0 aromatic carbocycles. The summed E-state index contributed by atoms with van der Waals surface area (Å²) < 4.78 is 5.26. The molecule has 1 aromatic heterocycles. The number of rotatable bonds is 14. The van der Waals surface area contributed by atoms with Crippen LogP contribution < -0.4 is 0 Å². The van der Waals surface area contributed by atoms with Gasteiger partial charge >= 0.3 is 0 Å². The van der Waals surface area contributed by atoms with Gasteiger partial charge in [0, 0.05) is 0 Å². The van der Waals surface area contributed by atoms with E-state index in [2.05, 4.69) is 31.2 Å². The van der Waals surface area contributed by atoms with Crippen LogP contribution in [0.5, 0.6) is 0 Å². The molecule has 0 N–H and O–H groups in total. The first-order valence-corrected chi connectivity index (χ1v) is 9.28. The highest BCUT2D eigenvalue weighted by molar-refractivity contribution is 5.41. The van der Waals surface area contributed by atoms with Crippen molar-refractivity contribution in [1.82, 2.24) is 0 Å². The fraction of sp³-hybridized carbons (Fsp3) is 0.619. The Kier molecular flexibility index (Phi) is 12.6. The molecular weight excluding hydrogens is 268 g/mol. The molecule has 0 saturated heterocycles. The number of unbranched alkanes of at least 4 members (excludes halogenated alkanes) is 10. The molecule has 1 heteroatoms. The summed E-state index contributed by atoms with van der Waals surface area (Å²) in [5.41, 5.74) is 0. The van der Waals surface area contributed by atoms with Crippen LogP contribution in [0.1, 0.15) is 89.7 Å². The number of furan rings is 1. The average Bonchev–Trinajstić information content (AvgIpc) is 3.04. The van der Waals surface area contributed by atoms with E-state index in [1.54, 1.807) is 6.26 Å². The van der Waals surface area contributed by atoms with Crippen molar-refractivity contribution in [3.8, 4) is 0 Å². The van der Waals surface area contributed by atoms with Gasteiger partial charge in [-0.3, -0.25) is 0 Å². The highest BCUT2D eigenvalue weighted by Crippen LogP contribution is 2.10. The van der Waals surface area contributed by atoms with Crippen LogP contribution in [0.2, 0.25) is 0 Å². The molecule has 0 bridgehead atoms. The molecule has 124 valence electrons. The lowest BCUT2D eigenvalue weighted by Gasteiger charge is -1.98. The SMILES string of the molecule is CCCCCCC/C=C/CCCCCC/C=C/c1ccco1. The fourth-order valence-corrected chi connectivity index (χ4v) is 2.56. The van der Waals surface area contributed by atoms with E-state index < -0.39 is 0 Å². The first kappa shape index (κ1) is 18.8. The summed E-state index contributed by atoms with van der Waals surface area (Å²) >= 11 is 0. The van der Waals surface area contributed by atoms with Crippen LogP contribution in [-0.4, -0.2) is 0 Å². The van der Waals surface area contributed by atoms with Crippen molar-refractivity contribution in [2.75, 3.05) is 0 Å². The molecule has 0 radical (unpaired) electrons. The molecule has 1 heterocycles. The van der Waals surface area contributed by atoms with Crippen LogP contribution in [0, 0.1) is 0 Å². The van der Waals surface area contributed by atoms with Crippen molar-refractivity contribution in [3.05, 3.63) is 42.4 Å². The molecule has 0 unspecified atom stereocenters. The molecule has 0 fully saturated rings. The summed E-state index contributed by atoms with van der Waals surface area (Å²) in [4.78, 5) is 0. The number of hydrogen-bond donors (Lipinski definition) is 0. The fourth-order valence-electron chi connectivity index (χ4n) is 2.56. The third kappa shape index (κ3) is 11.4. The van der Waals surface area contributed by atoms with E-state index in [0.29, 0.717) is 0 Å². The lowest BCUT2D eigenvalue weighted by Crippen LogP contribution is -1.78. The largest absolute Gasteiger partial charge is 0.465 e. The van der Waals surface area contributed by atoms with Gasteiger partial charge in [-0.25, -0.2) is 0 Å². The maximum atomic E-state index is 5.26. The first-order chi connectivity index (χ1) is 10.9. The van der Waals surface area contributed by atoms with Crippen LogP contribution in [-0.2, 0) is 0 Å². The van der Waals surface area contributed by atoms with Gasteiger partial charge in [-0.15, -0.1) is 0 Å². The summed E-state index contributed by atoms with van der Waals surface area (Å²) in [6.07, 6.45) is 26.8. The maximum Gasteiger partial charge on any atom is 0.126 e. The third-order valence-electron chi connectivity index (χ3n) is 3.96. The minimum Gasteiger partial charge on any atom is -0.465 e. The van der Waals surface area contributed by atoms with Gasteiger partial charge in [0.05, 0.1) is 6.26 Å². The predicted octanol–water partition coefficient (Wildman–Crippen LogP) is 7.55. The standard InChI is InChI=1S/C21H34O/c1-2-3-4-5-6-7-8-9-10-11-12-13-14-15-16-18-21-19-17-20-22-21/h8-9,16-20H,2-7,10-15H2,1H3/b9-8+,18-16+. The van der Waals surface area contributed by atoms with Crippen molar-refractivity contribution in [3.63, 3.8) is 0 Å². The Morgan fingerprint density at radius 1 is 0.773 bits per heavy atom. The summed E-state index contributed by atoms with van der Waals surface area (Å²) in [6, 6.07) is 3.92. The first-order valence-electron chi connectivity index (χ1n) is 9.28. The summed E-state index contributed by atoms with van der Waals surface area (Å²) in [7, 11) is 0. The quantitative estimate of drug-likeness (QED) is 0.255. The van der Waals surface area contributed by atoms with E-state index in [1.165, 1.54) is 70.6 Å². The second-order valence-corrected chi connectivity index (χ2v) is 6.08. The van der Waals surface area contributed by atoms with Crippen LogP contribution in [0.25, 0.3) is 6.08 Å². The highest BCUT2D eigenvalue weighted by Gasteiger charge is 1.90. The normalized spacial score (nSPS) is 11.9. The Morgan fingerprint density at radius 2 is 1.36 bits per heavy atom. The molecule has 0 aliphatic heterocycles. The van der Waals surface area contributed by atoms with Gasteiger partial charge in [-0.1, -0.05) is 63.7 Å². The van der Waals surface area contributed by atoms with E-state index in [-0.39, 0.29) is 0 Å².